The molecule has 0 aromatic heterocycles. The summed E-state index contributed by atoms with van der Waals surface area (Å²) >= 11 is 0. The van der Waals surface area contributed by atoms with Crippen molar-refractivity contribution in [3.05, 3.63) is 0 Å². The Morgan fingerprint density at radius 1 is 1.40 bits per heavy atom. The molecule has 1 rings (SSSR count). The van der Waals surface area contributed by atoms with Crippen molar-refractivity contribution >= 4 is 0 Å². The first-order chi connectivity index (χ1) is 7.17. The second-order valence-corrected chi connectivity index (χ2v) is 5.39. The molecule has 1 saturated heterocycles. The fourth-order valence-corrected chi connectivity index (χ4v) is 2.46. The van der Waals surface area contributed by atoms with Gasteiger partial charge in [0.05, 0.1) is 0 Å². The van der Waals surface area contributed by atoms with Crippen LogP contribution in [0.2, 0.25) is 0 Å². The minimum absolute atomic E-state index is 0.739. The highest BCUT2D eigenvalue weighted by atomic mass is 15.1. The van der Waals surface area contributed by atoms with Crippen LogP contribution in [0.1, 0.15) is 40.0 Å². The van der Waals surface area contributed by atoms with E-state index in [-0.39, 0.29) is 0 Å². The molecule has 2 atom stereocenters. The molecule has 0 aromatic rings. The van der Waals surface area contributed by atoms with Gasteiger partial charge in [-0.1, -0.05) is 27.2 Å². The maximum absolute atomic E-state index is 5.73. The second kappa shape index (κ2) is 6.49. The average molecular weight is 212 g/mol. The third-order valence-corrected chi connectivity index (χ3v) is 4.02. The van der Waals surface area contributed by atoms with E-state index in [1.807, 2.05) is 0 Å². The first-order valence-electron chi connectivity index (χ1n) is 6.59. The van der Waals surface area contributed by atoms with E-state index < -0.39 is 0 Å². The molecule has 15 heavy (non-hydrogen) atoms. The fourth-order valence-electron chi connectivity index (χ4n) is 2.46. The monoisotopic (exact) mass is 212 g/mol. The maximum Gasteiger partial charge on any atom is 0.00126 e. The highest BCUT2D eigenvalue weighted by Crippen LogP contribution is 2.24. The van der Waals surface area contributed by atoms with Gasteiger partial charge < -0.3 is 10.6 Å². The average Bonchev–Trinajstić information content (AvgIpc) is 2.68. The van der Waals surface area contributed by atoms with Crippen molar-refractivity contribution < 1.29 is 0 Å². The molecule has 0 amide bonds. The van der Waals surface area contributed by atoms with E-state index in [0.29, 0.717) is 0 Å². The van der Waals surface area contributed by atoms with Crippen molar-refractivity contribution in [2.75, 3.05) is 26.2 Å². The SMILES string of the molecule is CCC(CN)CCN1CCC(C(C)C)C1. The lowest BCUT2D eigenvalue weighted by molar-refractivity contribution is 0.278. The van der Waals surface area contributed by atoms with E-state index in [0.717, 1.165) is 24.3 Å². The molecule has 0 spiro atoms. The summed E-state index contributed by atoms with van der Waals surface area (Å²) in [6.45, 7) is 11.7. The third kappa shape index (κ3) is 4.12. The van der Waals surface area contributed by atoms with Crippen LogP contribution >= 0.6 is 0 Å². The van der Waals surface area contributed by atoms with Crippen LogP contribution in [-0.4, -0.2) is 31.1 Å². The Balaban J connectivity index is 2.18. The van der Waals surface area contributed by atoms with Gasteiger partial charge in [0.1, 0.15) is 0 Å². The smallest absolute Gasteiger partial charge is 0.00126 e. The van der Waals surface area contributed by atoms with Crippen molar-refractivity contribution in [2.45, 2.75) is 40.0 Å². The first kappa shape index (κ1) is 13.0. The van der Waals surface area contributed by atoms with Crippen LogP contribution in [0, 0.1) is 17.8 Å². The normalized spacial score (nSPS) is 25.0. The zero-order chi connectivity index (χ0) is 11.3. The topological polar surface area (TPSA) is 29.3 Å². The lowest BCUT2D eigenvalue weighted by Gasteiger charge is -2.20. The summed E-state index contributed by atoms with van der Waals surface area (Å²) in [5.74, 6) is 2.53. The second-order valence-electron chi connectivity index (χ2n) is 5.39. The van der Waals surface area contributed by atoms with Gasteiger partial charge in [0, 0.05) is 6.54 Å². The lowest BCUT2D eigenvalue weighted by Crippen LogP contribution is -2.26. The van der Waals surface area contributed by atoms with Gasteiger partial charge in [0.25, 0.3) is 0 Å². The summed E-state index contributed by atoms with van der Waals surface area (Å²) in [6, 6.07) is 0. The number of rotatable bonds is 6. The molecule has 0 aromatic carbocycles. The molecule has 90 valence electrons. The van der Waals surface area contributed by atoms with Crippen molar-refractivity contribution in [1.29, 1.82) is 0 Å². The van der Waals surface area contributed by atoms with E-state index in [2.05, 4.69) is 25.7 Å². The lowest BCUT2D eigenvalue weighted by atomic mass is 9.95. The molecular weight excluding hydrogens is 184 g/mol. The minimum Gasteiger partial charge on any atom is -0.330 e. The third-order valence-electron chi connectivity index (χ3n) is 4.02. The Hall–Kier alpha value is -0.0800. The van der Waals surface area contributed by atoms with Gasteiger partial charge in [-0.3, -0.25) is 0 Å². The molecule has 1 heterocycles. The van der Waals surface area contributed by atoms with Gasteiger partial charge >= 0.3 is 0 Å². The Bertz CT molecular complexity index is 164. The van der Waals surface area contributed by atoms with Gasteiger partial charge in [-0.25, -0.2) is 0 Å². The van der Waals surface area contributed by atoms with Crippen LogP contribution in [-0.2, 0) is 0 Å². The molecule has 0 radical (unpaired) electrons. The van der Waals surface area contributed by atoms with E-state index >= 15 is 0 Å². The van der Waals surface area contributed by atoms with Crippen LogP contribution in [0.3, 0.4) is 0 Å². The van der Waals surface area contributed by atoms with Crippen LogP contribution in [0.15, 0.2) is 0 Å². The summed E-state index contributed by atoms with van der Waals surface area (Å²) in [5.41, 5.74) is 5.73. The summed E-state index contributed by atoms with van der Waals surface area (Å²) in [5, 5.41) is 0. The zero-order valence-corrected chi connectivity index (χ0v) is 10.7. The Labute approximate surface area is 95.2 Å². The fraction of sp³-hybridized carbons (Fsp3) is 1.00. The quantitative estimate of drug-likeness (QED) is 0.732. The molecule has 0 saturated carbocycles. The summed E-state index contributed by atoms with van der Waals surface area (Å²) in [4.78, 5) is 2.63. The summed E-state index contributed by atoms with van der Waals surface area (Å²) in [6.07, 6.45) is 3.92. The molecule has 2 N–H and O–H groups in total. The molecule has 1 aliphatic heterocycles. The van der Waals surface area contributed by atoms with Crippen LogP contribution in [0.25, 0.3) is 0 Å². The molecular formula is C13H28N2. The molecule has 2 heteroatoms. The maximum atomic E-state index is 5.73. The summed E-state index contributed by atoms with van der Waals surface area (Å²) in [7, 11) is 0. The highest BCUT2D eigenvalue weighted by Gasteiger charge is 2.24. The molecule has 0 aliphatic carbocycles. The number of likely N-dealkylation sites (tertiary alicyclic amines) is 1. The molecule has 1 fully saturated rings. The van der Waals surface area contributed by atoms with Crippen LogP contribution in [0.5, 0.6) is 0 Å². The minimum atomic E-state index is 0.739. The highest BCUT2D eigenvalue weighted by molar-refractivity contribution is 4.78. The van der Waals surface area contributed by atoms with E-state index in [1.165, 1.54) is 38.9 Å². The molecule has 0 bridgehead atoms. The standard InChI is InChI=1S/C13H28N2/c1-4-12(9-14)5-7-15-8-6-13(10-15)11(2)3/h11-13H,4-10,14H2,1-3H3. The van der Waals surface area contributed by atoms with Crippen LogP contribution < -0.4 is 5.73 Å². The molecule has 1 aliphatic rings. The van der Waals surface area contributed by atoms with Gasteiger partial charge in [-0.2, -0.15) is 0 Å². The van der Waals surface area contributed by atoms with Gasteiger partial charge in [0.15, 0.2) is 0 Å². The number of hydrogen-bond acceptors (Lipinski definition) is 2. The zero-order valence-electron chi connectivity index (χ0n) is 10.7. The predicted octanol–water partition coefficient (Wildman–Crippen LogP) is 2.34. The van der Waals surface area contributed by atoms with E-state index in [9.17, 15) is 0 Å². The largest absolute Gasteiger partial charge is 0.330 e. The Kier molecular flexibility index (Phi) is 5.62. The molecule has 2 nitrogen and oxygen atoms in total. The van der Waals surface area contributed by atoms with Crippen molar-refractivity contribution in [2.24, 2.45) is 23.5 Å². The van der Waals surface area contributed by atoms with Gasteiger partial charge in [-0.15, -0.1) is 0 Å². The van der Waals surface area contributed by atoms with E-state index in [4.69, 9.17) is 5.73 Å². The van der Waals surface area contributed by atoms with Gasteiger partial charge in [0.2, 0.25) is 0 Å². The van der Waals surface area contributed by atoms with Crippen molar-refractivity contribution in [1.82, 2.24) is 4.90 Å². The first-order valence-corrected chi connectivity index (χ1v) is 6.59. The predicted molar refractivity (Wildman–Crippen MR) is 66.8 cm³/mol. The summed E-state index contributed by atoms with van der Waals surface area (Å²) < 4.78 is 0. The number of hydrogen-bond donors (Lipinski definition) is 1. The van der Waals surface area contributed by atoms with Crippen molar-refractivity contribution in [3.63, 3.8) is 0 Å². The molecule has 2 unspecified atom stereocenters. The van der Waals surface area contributed by atoms with Gasteiger partial charge in [-0.05, 0) is 50.2 Å². The van der Waals surface area contributed by atoms with Crippen LogP contribution in [0.4, 0.5) is 0 Å². The number of nitrogens with zero attached hydrogens (tertiary/aromatic N) is 1. The van der Waals surface area contributed by atoms with Crippen molar-refractivity contribution in [3.8, 4) is 0 Å². The number of nitrogens with two attached hydrogens (primary N) is 1. The Morgan fingerprint density at radius 2 is 2.13 bits per heavy atom. The van der Waals surface area contributed by atoms with E-state index in [1.54, 1.807) is 0 Å². The Morgan fingerprint density at radius 3 is 2.60 bits per heavy atom.